The molecule has 0 aromatic heterocycles. The molecule has 0 amide bonds. The van der Waals surface area contributed by atoms with Crippen molar-refractivity contribution in [3.8, 4) is 11.8 Å². The molecule has 0 spiro atoms. The van der Waals surface area contributed by atoms with Crippen molar-refractivity contribution in [3.05, 3.63) is 33.8 Å². The summed E-state index contributed by atoms with van der Waals surface area (Å²) in [7, 11) is 0. The van der Waals surface area contributed by atoms with Gasteiger partial charge in [-0.25, -0.2) is 0 Å². The van der Waals surface area contributed by atoms with Gasteiger partial charge in [0.05, 0.1) is 0 Å². The molecule has 0 saturated heterocycles. The highest BCUT2D eigenvalue weighted by molar-refractivity contribution is 6.34. The van der Waals surface area contributed by atoms with E-state index in [1.54, 1.807) is 18.2 Å². The summed E-state index contributed by atoms with van der Waals surface area (Å²) in [5.74, 6) is 6.63. The van der Waals surface area contributed by atoms with Gasteiger partial charge in [-0.1, -0.05) is 35.0 Å². The quantitative estimate of drug-likeness (QED) is 0.414. The topological polar surface area (TPSA) is 0 Å². The van der Waals surface area contributed by atoms with Gasteiger partial charge in [0.1, 0.15) is 0 Å². The van der Waals surface area contributed by atoms with Gasteiger partial charge in [-0.3, -0.25) is 0 Å². The maximum Gasteiger partial charge on any atom is 0.0433 e. The van der Waals surface area contributed by atoms with Crippen LogP contribution in [0.3, 0.4) is 0 Å². The van der Waals surface area contributed by atoms with Crippen molar-refractivity contribution >= 4 is 34.8 Å². The van der Waals surface area contributed by atoms with Crippen molar-refractivity contribution < 1.29 is 0 Å². The summed E-state index contributed by atoms with van der Waals surface area (Å²) in [6, 6.07) is 5.27. The van der Waals surface area contributed by atoms with E-state index in [9.17, 15) is 0 Å². The molecule has 0 aliphatic heterocycles. The van der Waals surface area contributed by atoms with Gasteiger partial charge < -0.3 is 0 Å². The molecule has 14 heavy (non-hydrogen) atoms. The SMILES string of the molecule is ClCCCC#Cc1cc(Cl)cc(Cl)c1. The molecule has 0 atom stereocenters. The Labute approximate surface area is 99.2 Å². The Morgan fingerprint density at radius 1 is 1.07 bits per heavy atom. The monoisotopic (exact) mass is 246 g/mol. The highest BCUT2D eigenvalue weighted by Gasteiger charge is 1.94. The predicted molar refractivity (Wildman–Crippen MR) is 63.3 cm³/mol. The summed E-state index contributed by atoms with van der Waals surface area (Å²) < 4.78 is 0. The molecule has 0 fully saturated rings. The van der Waals surface area contributed by atoms with Crippen LogP contribution in [-0.4, -0.2) is 5.88 Å². The molecule has 0 radical (unpaired) electrons. The zero-order chi connectivity index (χ0) is 10.4. The van der Waals surface area contributed by atoms with E-state index >= 15 is 0 Å². The number of hydrogen-bond acceptors (Lipinski definition) is 0. The molecule has 1 rings (SSSR count). The third-order valence-corrected chi connectivity index (χ3v) is 2.23. The first kappa shape index (κ1) is 11.7. The summed E-state index contributed by atoms with van der Waals surface area (Å²) in [5.41, 5.74) is 0.845. The van der Waals surface area contributed by atoms with Crippen molar-refractivity contribution in [1.29, 1.82) is 0 Å². The third kappa shape index (κ3) is 4.24. The fourth-order valence-electron chi connectivity index (χ4n) is 0.946. The van der Waals surface area contributed by atoms with Crippen LogP contribution in [-0.2, 0) is 0 Å². The molecule has 3 heteroatoms. The number of alkyl halides is 1. The van der Waals surface area contributed by atoms with Crippen LogP contribution in [0.4, 0.5) is 0 Å². The second-order valence-corrected chi connectivity index (χ2v) is 4.00. The van der Waals surface area contributed by atoms with E-state index in [1.165, 1.54) is 0 Å². The Morgan fingerprint density at radius 2 is 1.71 bits per heavy atom. The summed E-state index contributed by atoms with van der Waals surface area (Å²) in [4.78, 5) is 0. The largest absolute Gasteiger partial charge is 0.127 e. The van der Waals surface area contributed by atoms with Gasteiger partial charge in [-0.05, 0) is 24.6 Å². The van der Waals surface area contributed by atoms with Crippen LogP contribution in [0.25, 0.3) is 0 Å². The molecular weight excluding hydrogens is 238 g/mol. The Kier molecular flexibility index (Phi) is 5.19. The minimum Gasteiger partial charge on any atom is -0.127 e. The van der Waals surface area contributed by atoms with Crippen molar-refractivity contribution in [2.75, 3.05) is 5.88 Å². The Hall–Kier alpha value is -0.350. The van der Waals surface area contributed by atoms with E-state index in [1.807, 2.05) is 0 Å². The van der Waals surface area contributed by atoms with Crippen LogP contribution < -0.4 is 0 Å². The third-order valence-electron chi connectivity index (χ3n) is 1.53. The summed E-state index contributed by atoms with van der Waals surface area (Å²) in [5, 5.41) is 1.22. The van der Waals surface area contributed by atoms with E-state index < -0.39 is 0 Å². The van der Waals surface area contributed by atoms with Crippen molar-refractivity contribution in [2.45, 2.75) is 12.8 Å². The molecule has 1 aromatic carbocycles. The minimum atomic E-state index is 0.610. The lowest BCUT2D eigenvalue weighted by Crippen LogP contribution is -1.76. The number of unbranched alkanes of at least 4 members (excludes halogenated alkanes) is 1. The van der Waals surface area contributed by atoms with Crippen LogP contribution in [0.1, 0.15) is 18.4 Å². The van der Waals surface area contributed by atoms with Crippen LogP contribution in [0.5, 0.6) is 0 Å². The first-order valence-electron chi connectivity index (χ1n) is 4.23. The molecule has 0 N–H and O–H groups in total. The predicted octanol–water partition coefficient (Wildman–Crippen LogP) is 4.36. The first-order valence-corrected chi connectivity index (χ1v) is 5.52. The maximum absolute atomic E-state index is 5.82. The van der Waals surface area contributed by atoms with Gasteiger partial charge in [0.2, 0.25) is 0 Å². The lowest BCUT2D eigenvalue weighted by Gasteiger charge is -1.94. The fourth-order valence-corrected chi connectivity index (χ4v) is 1.61. The number of halogens is 3. The van der Waals surface area contributed by atoms with Crippen molar-refractivity contribution in [1.82, 2.24) is 0 Å². The molecule has 0 nitrogen and oxygen atoms in total. The zero-order valence-corrected chi connectivity index (χ0v) is 9.76. The lowest BCUT2D eigenvalue weighted by atomic mass is 10.2. The molecule has 0 aliphatic rings. The molecular formula is C11H9Cl3. The normalized spacial score (nSPS) is 9.36. The molecule has 0 unspecified atom stereocenters. The number of hydrogen-bond donors (Lipinski definition) is 0. The zero-order valence-electron chi connectivity index (χ0n) is 7.49. The van der Waals surface area contributed by atoms with Crippen LogP contribution >= 0.6 is 34.8 Å². The molecule has 1 aromatic rings. The first-order chi connectivity index (χ1) is 6.72. The second kappa shape index (κ2) is 6.19. The summed E-state index contributed by atoms with van der Waals surface area (Å²) in [6.45, 7) is 0. The van der Waals surface area contributed by atoms with Crippen molar-refractivity contribution in [3.63, 3.8) is 0 Å². The van der Waals surface area contributed by atoms with Crippen molar-refractivity contribution in [2.24, 2.45) is 0 Å². The Bertz CT molecular complexity index is 340. The average molecular weight is 248 g/mol. The summed E-state index contributed by atoms with van der Waals surface area (Å²) in [6.07, 6.45) is 1.70. The van der Waals surface area contributed by atoms with Crippen LogP contribution in [0.15, 0.2) is 18.2 Å². The van der Waals surface area contributed by atoms with E-state index in [0.29, 0.717) is 15.9 Å². The molecule has 0 saturated carbocycles. The van der Waals surface area contributed by atoms with Gasteiger partial charge in [-0.2, -0.15) is 0 Å². The van der Waals surface area contributed by atoms with Gasteiger partial charge in [0.25, 0.3) is 0 Å². The standard InChI is InChI=1S/C11H9Cl3/c12-5-3-1-2-4-9-6-10(13)8-11(14)7-9/h6-8H,1,3,5H2. The van der Waals surface area contributed by atoms with E-state index in [2.05, 4.69) is 11.8 Å². The number of rotatable bonds is 2. The van der Waals surface area contributed by atoms with Gasteiger partial charge in [0, 0.05) is 27.9 Å². The molecule has 74 valence electrons. The highest BCUT2D eigenvalue weighted by Crippen LogP contribution is 2.18. The van der Waals surface area contributed by atoms with Gasteiger partial charge in [0.15, 0.2) is 0 Å². The molecule has 0 bridgehead atoms. The highest BCUT2D eigenvalue weighted by atomic mass is 35.5. The minimum absolute atomic E-state index is 0.610. The lowest BCUT2D eigenvalue weighted by molar-refractivity contribution is 0.991. The maximum atomic E-state index is 5.82. The second-order valence-electron chi connectivity index (χ2n) is 2.75. The van der Waals surface area contributed by atoms with Gasteiger partial charge in [-0.15, -0.1) is 11.6 Å². The Morgan fingerprint density at radius 3 is 2.29 bits per heavy atom. The van der Waals surface area contributed by atoms with E-state index in [-0.39, 0.29) is 0 Å². The van der Waals surface area contributed by atoms with E-state index in [4.69, 9.17) is 34.8 Å². The average Bonchev–Trinajstić information content (AvgIpc) is 2.11. The van der Waals surface area contributed by atoms with Crippen LogP contribution in [0, 0.1) is 11.8 Å². The van der Waals surface area contributed by atoms with E-state index in [0.717, 1.165) is 18.4 Å². The smallest absolute Gasteiger partial charge is 0.0433 e. The fraction of sp³-hybridized carbons (Fsp3) is 0.273. The van der Waals surface area contributed by atoms with Crippen LogP contribution in [0.2, 0.25) is 10.0 Å². The Balaban J connectivity index is 2.69. The van der Waals surface area contributed by atoms with Gasteiger partial charge >= 0.3 is 0 Å². The molecule has 0 aliphatic carbocycles. The summed E-state index contributed by atoms with van der Waals surface area (Å²) >= 11 is 17.2. The number of benzene rings is 1. The molecule has 0 heterocycles.